The van der Waals surface area contributed by atoms with Gasteiger partial charge in [0.2, 0.25) is 0 Å². The van der Waals surface area contributed by atoms with E-state index < -0.39 is 11.0 Å². The van der Waals surface area contributed by atoms with E-state index in [2.05, 4.69) is 5.32 Å². The molecule has 0 aromatic heterocycles. The summed E-state index contributed by atoms with van der Waals surface area (Å²) in [5.41, 5.74) is 3.14. The molecule has 0 saturated heterocycles. The van der Waals surface area contributed by atoms with E-state index >= 15 is 0 Å². The lowest BCUT2D eigenvalue weighted by Crippen LogP contribution is -2.30. The molecule has 0 aliphatic rings. The van der Waals surface area contributed by atoms with Crippen LogP contribution in [0.2, 0.25) is 0 Å². The first-order valence-electron chi connectivity index (χ1n) is 7.57. The van der Waals surface area contributed by atoms with Crippen LogP contribution in [0, 0.1) is 30.9 Å². The number of anilines is 1. The zero-order chi connectivity index (χ0) is 17.9. The third-order valence-corrected chi connectivity index (χ3v) is 3.70. The van der Waals surface area contributed by atoms with Crippen molar-refractivity contribution in [1.82, 2.24) is 0 Å². The number of nitro groups is 1. The largest absolute Gasteiger partial charge is 0.481 e. The molecule has 0 radical (unpaired) electrons. The third-order valence-electron chi connectivity index (χ3n) is 3.70. The molecule has 1 N–H and O–H groups in total. The van der Waals surface area contributed by atoms with Gasteiger partial charge >= 0.3 is 0 Å². The average molecular weight is 328 g/mol. The van der Waals surface area contributed by atoms with Gasteiger partial charge in [0, 0.05) is 17.8 Å². The van der Waals surface area contributed by atoms with Gasteiger partial charge < -0.3 is 10.1 Å². The molecule has 0 heterocycles. The summed E-state index contributed by atoms with van der Waals surface area (Å²) in [6.07, 6.45) is -0.694. The second-order valence-corrected chi connectivity index (χ2v) is 5.77. The summed E-state index contributed by atoms with van der Waals surface area (Å²) in [5.74, 6) is 0.353. The molecule has 6 nitrogen and oxygen atoms in total. The fourth-order valence-corrected chi connectivity index (χ4v) is 2.21. The lowest BCUT2D eigenvalue weighted by atomic mass is 10.1. The van der Waals surface area contributed by atoms with Gasteiger partial charge in [-0.1, -0.05) is 12.1 Å². The van der Waals surface area contributed by atoms with Gasteiger partial charge in [-0.2, -0.15) is 0 Å². The SMILES string of the molecule is Cc1ccc(C)c(OC(C)C(=O)Nc2ccc([N+](=O)[O-])cc2C)c1. The summed E-state index contributed by atoms with van der Waals surface area (Å²) in [6, 6.07) is 10.1. The molecule has 0 fully saturated rings. The number of rotatable bonds is 5. The van der Waals surface area contributed by atoms with Gasteiger partial charge in [-0.15, -0.1) is 0 Å². The van der Waals surface area contributed by atoms with Gasteiger partial charge in [0.1, 0.15) is 5.75 Å². The molecule has 0 saturated carbocycles. The van der Waals surface area contributed by atoms with Crippen LogP contribution < -0.4 is 10.1 Å². The number of amides is 1. The van der Waals surface area contributed by atoms with Gasteiger partial charge in [-0.3, -0.25) is 14.9 Å². The number of hydrogen-bond donors (Lipinski definition) is 1. The molecule has 1 amide bonds. The summed E-state index contributed by atoms with van der Waals surface area (Å²) in [4.78, 5) is 22.6. The average Bonchev–Trinajstić information content (AvgIpc) is 2.52. The van der Waals surface area contributed by atoms with Crippen molar-refractivity contribution in [1.29, 1.82) is 0 Å². The van der Waals surface area contributed by atoms with Crippen molar-refractivity contribution >= 4 is 17.3 Å². The fourth-order valence-electron chi connectivity index (χ4n) is 2.21. The summed E-state index contributed by atoms with van der Waals surface area (Å²) >= 11 is 0. The van der Waals surface area contributed by atoms with Crippen LogP contribution in [0.3, 0.4) is 0 Å². The fraction of sp³-hybridized carbons (Fsp3) is 0.278. The number of hydrogen-bond acceptors (Lipinski definition) is 4. The van der Waals surface area contributed by atoms with Gasteiger partial charge in [-0.25, -0.2) is 0 Å². The predicted octanol–water partition coefficient (Wildman–Crippen LogP) is 3.93. The van der Waals surface area contributed by atoms with Crippen LogP contribution in [0.4, 0.5) is 11.4 Å². The van der Waals surface area contributed by atoms with Gasteiger partial charge in [-0.05, 0) is 56.5 Å². The van der Waals surface area contributed by atoms with E-state index in [1.54, 1.807) is 13.8 Å². The first-order valence-corrected chi connectivity index (χ1v) is 7.57. The maximum Gasteiger partial charge on any atom is 0.269 e. The quantitative estimate of drug-likeness (QED) is 0.666. The summed E-state index contributed by atoms with van der Waals surface area (Å²) < 4.78 is 5.74. The second kappa shape index (κ2) is 7.12. The van der Waals surface area contributed by atoms with Crippen molar-refractivity contribution in [3.8, 4) is 5.75 Å². The first kappa shape index (κ1) is 17.5. The predicted molar refractivity (Wildman–Crippen MR) is 92.5 cm³/mol. The van der Waals surface area contributed by atoms with E-state index in [1.165, 1.54) is 18.2 Å². The summed E-state index contributed by atoms with van der Waals surface area (Å²) in [6.45, 7) is 7.24. The Bertz CT molecular complexity index is 787. The van der Waals surface area contributed by atoms with Crippen LogP contribution in [-0.4, -0.2) is 16.9 Å². The smallest absolute Gasteiger partial charge is 0.269 e. The number of nitrogens with zero attached hydrogens (tertiary/aromatic N) is 1. The number of carbonyl (C=O) groups excluding carboxylic acids is 1. The van der Waals surface area contributed by atoms with E-state index in [0.717, 1.165) is 11.1 Å². The van der Waals surface area contributed by atoms with E-state index in [4.69, 9.17) is 4.74 Å². The number of aryl methyl sites for hydroxylation is 3. The number of benzene rings is 2. The zero-order valence-electron chi connectivity index (χ0n) is 14.1. The lowest BCUT2D eigenvalue weighted by molar-refractivity contribution is -0.384. The monoisotopic (exact) mass is 328 g/mol. The molecule has 6 heteroatoms. The molecule has 24 heavy (non-hydrogen) atoms. The Morgan fingerprint density at radius 1 is 1.12 bits per heavy atom. The van der Waals surface area contributed by atoms with E-state index in [0.29, 0.717) is 17.0 Å². The lowest BCUT2D eigenvalue weighted by Gasteiger charge is -2.17. The maximum absolute atomic E-state index is 12.3. The Labute approximate surface area is 140 Å². The number of nitro benzene ring substituents is 1. The summed E-state index contributed by atoms with van der Waals surface area (Å²) in [5, 5.41) is 13.5. The molecular formula is C18H20N2O4. The molecule has 1 atom stereocenters. The highest BCUT2D eigenvalue weighted by Crippen LogP contribution is 2.23. The molecule has 1 unspecified atom stereocenters. The molecule has 0 aliphatic heterocycles. The van der Waals surface area contributed by atoms with Crippen molar-refractivity contribution in [2.45, 2.75) is 33.8 Å². The van der Waals surface area contributed by atoms with Gasteiger partial charge in [0.15, 0.2) is 6.10 Å². The highest BCUT2D eigenvalue weighted by atomic mass is 16.6. The first-order chi connectivity index (χ1) is 11.3. The zero-order valence-corrected chi connectivity index (χ0v) is 14.1. The van der Waals surface area contributed by atoms with Crippen LogP contribution in [0.25, 0.3) is 0 Å². The Hall–Kier alpha value is -2.89. The molecule has 2 aromatic carbocycles. The van der Waals surface area contributed by atoms with E-state index in [1.807, 2.05) is 32.0 Å². The topological polar surface area (TPSA) is 81.5 Å². The van der Waals surface area contributed by atoms with Crippen molar-refractivity contribution in [2.24, 2.45) is 0 Å². The highest BCUT2D eigenvalue weighted by molar-refractivity contribution is 5.94. The van der Waals surface area contributed by atoms with E-state index in [-0.39, 0.29) is 11.6 Å². The summed E-state index contributed by atoms with van der Waals surface area (Å²) in [7, 11) is 0. The number of non-ortho nitro benzene ring substituents is 1. The molecule has 126 valence electrons. The van der Waals surface area contributed by atoms with Crippen LogP contribution in [-0.2, 0) is 4.79 Å². The maximum atomic E-state index is 12.3. The van der Waals surface area contributed by atoms with Crippen LogP contribution in [0.15, 0.2) is 36.4 Å². The highest BCUT2D eigenvalue weighted by Gasteiger charge is 2.17. The second-order valence-electron chi connectivity index (χ2n) is 5.77. The number of carbonyl (C=O) groups is 1. The number of nitrogens with one attached hydrogen (secondary N) is 1. The van der Waals surface area contributed by atoms with Crippen LogP contribution >= 0.6 is 0 Å². The van der Waals surface area contributed by atoms with Crippen molar-refractivity contribution in [3.05, 3.63) is 63.2 Å². The molecule has 0 aliphatic carbocycles. The minimum absolute atomic E-state index is 0.00909. The molecular weight excluding hydrogens is 308 g/mol. The van der Waals surface area contributed by atoms with Gasteiger partial charge in [0.25, 0.3) is 11.6 Å². The van der Waals surface area contributed by atoms with Crippen molar-refractivity contribution in [2.75, 3.05) is 5.32 Å². The Morgan fingerprint density at radius 3 is 2.46 bits per heavy atom. The van der Waals surface area contributed by atoms with Gasteiger partial charge in [0.05, 0.1) is 4.92 Å². The molecule has 2 rings (SSSR count). The third kappa shape index (κ3) is 4.10. The van der Waals surface area contributed by atoms with E-state index in [9.17, 15) is 14.9 Å². The van der Waals surface area contributed by atoms with Crippen molar-refractivity contribution < 1.29 is 14.5 Å². The normalized spacial score (nSPS) is 11.7. The van der Waals surface area contributed by atoms with Crippen molar-refractivity contribution in [3.63, 3.8) is 0 Å². The molecule has 0 spiro atoms. The minimum Gasteiger partial charge on any atom is -0.481 e. The van der Waals surface area contributed by atoms with Crippen LogP contribution in [0.5, 0.6) is 5.75 Å². The Balaban J connectivity index is 2.09. The minimum atomic E-state index is -0.694. The molecule has 2 aromatic rings. The standard InChI is InChI=1S/C18H20N2O4/c1-11-5-6-12(2)17(9-11)24-14(4)18(21)19-16-8-7-15(20(22)23)10-13(16)3/h5-10,14H,1-4H3,(H,19,21). The number of ether oxygens (including phenoxy) is 1. The van der Waals surface area contributed by atoms with Crippen LogP contribution in [0.1, 0.15) is 23.6 Å². The molecule has 0 bridgehead atoms. The Morgan fingerprint density at radius 2 is 1.83 bits per heavy atom. The Kier molecular flexibility index (Phi) is 5.18.